The Balaban J connectivity index is -0.00000264. The van der Waals surface area contributed by atoms with Crippen LogP contribution in [0.2, 0.25) is 0 Å². The van der Waals surface area contributed by atoms with Crippen molar-refractivity contribution in [3.8, 4) is 0 Å². The third kappa shape index (κ3) is 22.6. The Morgan fingerprint density at radius 2 is 1.16 bits per heavy atom. The molecule has 0 radical (unpaired) electrons. The zero-order chi connectivity index (χ0) is 17.9. The summed E-state index contributed by atoms with van der Waals surface area (Å²) in [6, 6.07) is 0. The Kier molecular flexibility index (Phi) is 23.3. The summed E-state index contributed by atoms with van der Waals surface area (Å²) in [6.07, 6.45) is 19.2. The van der Waals surface area contributed by atoms with E-state index in [2.05, 4.69) is 17.7 Å². The molecule has 0 aromatic carbocycles. The molecule has 0 aliphatic rings. The molecule has 4 nitrogen and oxygen atoms in total. The van der Waals surface area contributed by atoms with E-state index in [-0.39, 0.29) is 44.2 Å². The molecule has 0 saturated heterocycles. The van der Waals surface area contributed by atoms with Crippen LogP contribution in [0.25, 0.3) is 0 Å². The van der Waals surface area contributed by atoms with Gasteiger partial charge in [0, 0.05) is 0 Å². The van der Waals surface area contributed by atoms with Gasteiger partial charge >= 0.3 is 40.0 Å². The minimum absolute atomic E-state index is 0. The fourth-order valence-corrected chi connectivity index (χ4v) is 3.28. The zero-order valence-electron chi connectivity index (χ0n) is 17.6. The van der Waals surface area contributed by atoms with Crippen molar-refractivity contribution in [3.05, 3.63) is 12.7 Å². The smallest absolute Gasteiger partial charge is 1.00 e. The van der Waals surface area contributed by atoms with Gasteiger partial charge in [0.1, 0.15) is 0 Å². The molecule has 25 heavy (non-hydrogen) atoms. The SMILES string of the molecule is C=CCOS(=O)(=O)OCCCCCCCCCCCCCCCC.[H-].[Na+]. The second-order valence-electron chi connectivity index (χ2n) is 6.40. The molecule has 146 valence electrons. The topological polar surface area (TPSA) is 52.6 Å². The van der Waals surface area contributed by atoms with Crippen molar-refractivity contribution in [3.63, 3.8) is 0 Å². The van der Waals surface area contributed by atoms with Crippen molar-refractivity contribution in [2.24, 2.45) is 0 Å². The summed E-state index contributed by atoms with van der Waals surface area (Å²) >= 11 is 0. The fourth-order valence-electron chi connectivity index (χ4n) is 2.62. The van der Waals surface area contributed by atoms with E-state index in [1.165, 1.54) is 76.7 Å². The van der Waals surface area contributed by atoms with Crippen molar-refractivity contribution in [1.29, 1.82) is 0 Å². The van der Waals surface area contributed by atoms with Gasteiger partial charge in [0.05, 0.1) is 13.2 Å². The van der Waals surface area contributed by atoms with Gasteiger partial charge in [0.25, 0.3) is 0 Å². The molecular weight excluding hydrogens is 347 g/mol. The van der Waals surface area contributed by atoms with Gasteiger partial charge in [-0.05, 0) is 6.42 Å². The average Bonchev–Trinajstić information content (AvgIpc) is 2.56. The van der Waals surface area contributed by atoms with Crippen molar-refractivity contribution in [2.45, 2.75) is 96.8 Å². The standard InChI is InChI=1S/C19H38O4S.Na.H/c1-3-5-6-7-8-9-10-11-12-13-14-15-16-17-19-23-24(20,21)22-18-4-2;;/h4H,2-3,5-19H2,1H3;;/q;+1;-1. The largest absolute Gasteiger partial charge is 1.00 e. The van der Waals surface area contributed by atoms with Crippen LogP contribution in [0.3, 0.4) is 0 Å². The van der Waals surface area contributed by atoms with Crippen molar-refractivity contribution in [2.75, 3.05) is 13.2 Å². The molecule has 0 aliphatic heterocycles. The number of hydrogen-bond acceptors (Lipinski definition) is 4. The van der Waals surface area contributed by atoms with E-state index in [1.807, 2.05) is 0 Å². The van der Waals surface area contributed by atoms with Gasteiger partial charge in [0.15, 0.2) is 0 Å². The normalized spacial score (nSPS) is 11.2. The Morgan fingerprint density at radius 3 is 1.56 bits per heavy atom. The van der Waals surface area contributed by atoms with Gasteiger partial charge in [-0.1, -0.05) is 96.5 Å². The average molecular weight is 387 g/mol. The molecule has 0 spiro atoms. The molecule has 6 heteroatoms. The third-order valence-electron chi connectivity index (χ3n) is 4.06. The number of rotatable bonds is 19. The van der Waals surface area contributed by atoms with Crippen LogP contribution in [0, 0.1) is 0 Å². The Morgan fingerprint density at radius 1 is 0.760 bits per heavy atom. The van der Waals surface area contributed by atoms with Crippen molar-refractivity contribution < 1.29 is 47.8 Å². The molecule has 0 saturated carbocycles. The summed E-state index contributed by atoms with van der Waals surface area (Å²) < 4.78 is 31.7. The van der Waals surface area contributed by atoms with Crippen molar-refractivity contribution >= 4 is 10.4 Å². The van der Waals surface area contributed by atoms with Crippen LogP contribution in [-0.2, 0) is 18.8 Å². The van der Waals surface area contributed by atoms with Gasteiger partial charge in [-0.3, -0.25) is 0 Å². The predicted octanol–water partition coefficient (Wildman–Crippen LogP) is 3.05. The second kappa shape index (κ2) is 20.9. The third-order valence-corrected chi connectivity index (χ3v) is 4.94. The van der Waals surface area contributed by atoms with Crippen LogP contribution >= 0.6 is 0 Å². The molecule has 0 bridgehead atoms. The van der Waals surface area contributed by atoms with Crippen LogP contribution in [0.15, 0.2) is 12.7 Å². The maximum atomic E-state index is 11.2. The molecule has 0 aromatic heterocycles. The molecule has 0 amide bonds. The summed E-state index contributed by atoms with van der Waals surface area (Å²) in [5.74, 6) is 0. The van der Waals surface area contributed by atoms with E-state index in [0.29, 0.717) is 0 Å². The minimum Gasteiger partial charge on any atom is -1.00 e. The van der Waals surface area contributed by atoms with Crippen LogP contribution in [0.4, 0.5) is 0 Å². The van der Waals surface area contributed by atoms with Gasteiger partial charge in [0.2, 0.25) is 0 Å². The van der Waals surface area contributed by atoms with Gasteiger partial charge in [-0.2, -0.15) is 8.42 Å². The predicted molar refractivity (Wildman–Crippen MR) is 102 cm³/mol. The maximum absolute atomic E-state index is 11.2. The van der Waals surface area contributed by atoms with E-state index in [9.17, 15) is 8.42 Å². The first-order valence-electron chi connectivity index (χ1n) is 9.77. The Bertz CT molecular complexity index is 378. The van der Waals surface area contributed by atoms with Crippen LogP contribution in [-0.4, -0.2) is 21.6 Å². The zero-order valence-corrected chi connectivity index (χ0v) is 19.5. The minimum atomic E-state index is -3.83. The van der Waals surface area contributed by atoms with Gasteiger partial charge in [-0.15, -0.1) is 6.58 Å². The van der Waals surface area contributed by atoms with E-state index in [1.54, 1.807) is 0 Å². The molecule has 0 fully saturated rings. The van der Waals surface area contributed by atoms with Crippen LogP contribution in [0.1, 0.15) is 98.2 Å². The molecule has 0 atom stereocenters. The maximum Gasteiger partial charge on any atom is 1.00 e. The monoisotopic (exact) mass is 386 g/mol. The summed E-state index contributed by atoms with van der Waals surface area (Å²) in [4.78, 5) is 0. The Labute approximate surface area is 180 Å². The number of hydrogen-bond donors (Lipinski definition) is 0. The van der Waals surface area contributed by atoms with Gasteiger partial charge in [-0.25, -0.2) is 8.37 Å². The van der Waals surface area contributed by atoms with Gasteiger partial charge < -0.3 is 1.43 Å². The molecule has 0 heterocycles. The van der Waals surface area contributed by atoms with Crippen molar-refractivity contribution in [1.82, 2.24) is 0 Å². The first kappa shape index (κ1) is 27.8. The fraction of sp³-hybridized carbons (Fsp3) is 0.895. The Hall–Kier alpha value is 0.610. The quantitative estimate of drug-likeness (QED) is 0.194. The number of unbranched alkanes of at least 4 members (excludes halogenated alkanes) is 13. The van der Waals surface area contributed by atoms with E-state index in [0.717, 1.165) is 19.3 Å². The summed E-state index contributed by atoms with van der Waals surface area (Å²) in [5.41, 5.74) is 0. The molecule has 0 unspecified atom stereocenters. The first-order chi connectivity index (χ1) is 11.6. The molecule has 0 aliphatic carbocycles. The molecule has 0 N–H and O–H groups in total. The summed E-state index contributed by atoms with van der Waals surface area (Å²) in [6.45, 7) is 5.82. The van der Waals surface area contributed by atoms with E-state index >= 15 is 0 Å². The molecule has 0 aromatic rings. The first-order valence-corrected chi connectivity index (χ1v) is 11.1. The van der Waals surface area contributed by atoms with Crippen LogP contribution in [0.5, 0.6) is 0 Å². The van der Waals surface area contributed by atoms with E-state index < -0.39 is 10.4 Å². The molecule has 0 rings (SSSR count). The summed E-state index contributed by atoms with van der Waals surface area (Å²) in [7, 11) is -3.83. The second-order valence-corrected chi connectivity index (χ2v) is 7.69. The summed E-state index contributed by atoms with van der Waals surface area (Å²) in [5, 5.41) is 0. The van der Waals surface area contributed by atoms with E-state index in [4.69, 9.17) is 4.18 Å². The van der Waals surface area contributed by atoms with Crippen LogP contribution < -0.4 is 29.6 Å². The molecular formula is C19H39NaO4S.